The zero-order chi connectivity index (χ0) is 25.7. The molecule has 1 fully saturated rings. The van der Waals surface area contributed by atoms with E-state index < -0.39 is 17.9 Å². The summed E-state index contributed by atoms with van der Waals surface area (Å²) in [6.45, 7) is 2.50. The summed E-state index contributed by atoms with van der Waals surface area (Å²) in [5.74, 6) is 0.105. The number of carbonyl (C=O) groups is 3. The van der Waals surface area contributed by atoms with Crippen molar-refractivity contribution < 1.29 is 33.0 Å². The molecule has 36 heavy (non-hydrogen) atoms. The van der Waals surface area contributed by atoms with E-state index in [0.717, 1.165) is 10.5 Å². The number of nitrogens with one attached hydrogen (secondary N) is 1. The highest BCUT2D eigenvalue weighted by atomic mass is 79.9. The van der Waals surface area contributed by atoms with E-state index in [1.165, 1.54) is 19.2 Å². The SMILES string of the molecule is CCOc1cc(/C=C2\NC(=O)N(Cc3ccc(C(=O)OC)o3)C2=O)c(Br)cc1OCc1ccccc1. The van der Waals surface area contributed by atoms with Gasteiger partial charge in [0.1, 0.15) is 18.1 Å². The van der Waals surface area contributed by atoms with E-state index in [9.17, 15) is 14.4 Å². The summed E-state index contributed by atoms with van der Waals surface area (Å²) in [6.07, 6.45) is 1.55. The Hall–Kier alpha value is -4.05. The molecule has 2 aromatic carbocycles. The van der Waals surface area contributed by atoms with Crippen LogP contribution in [0.4, 0.5) is 4.79 Å². The number of carbonyl (C=O) groups excluding carboxylic acids is 3. The van der Waals surface area contributed by atoms with Crippen LogP contribution in [0.3, 0.4) is 0 Å². The van der Waals surface area contributed by atoms with Crippen LogP contribution in [0.2, 0.25) is 0 Å². The van der Waals surface area contributed by atoms with Gasteiger partial charge in [-0.3, -0.25) is 9.69 Å². The fourth-order valence-electron chi connectivity index (χ4n) is 3.48. The molecule has 1 aliphatic heterocycles. The van der Waals surface area contributed by atoms with Crippen LogP contribution in [0.1, 0.15) is 34.4 Å². The molecule has 2 heterocycles. The zero-order valence-corrected chi connectivity index (χ0v) is 21.2. The van der Waals surface area contributed by atoms with Gasteiger partial charge in [0.15, 0.2) is 11.5 Å². The van der Waals surface area contributed by atoms with E-state index >= 15 is 0 Å². The van der Waals surface area contributed by atoms with Gasteiger partial charge >= 0.3 is 12.0 Å². The number of benzene rings is 2. The first kappa shape index (κ1) is 25.1. The summed E-state index contributed by atoms with van der Waals surface area (Å²) in [5.41, 5.74) is 1.71. The average Bonchev–Trinajstić information content (AvgIpc) is 3.45. The van der Waals surface area contributed by atoms with E-state index in [2.05, 4.69) is 26.0 Å². The minimum atomic E-state index is -0.648. The molecule has 3 aromatic rings. The maximum atomic E-state index is 12.9. The second kappa shape index (κ2) is 11.1. The number of imide groups is 1. The second-order valence-electron chi connectivity index (χ2n) is 7.66. The number of urea groups is 1. The van der Waals surface area contributed by atoms with E-state index in [0.29, 0.717) is 34.7 Å². The molecular formula is C26H23BrN2O7. The first-order valence-electron chi connectivity index (χ1n) is 11.0. The van der Waals surface area contributed by atoms with Crippen LogP contribution in [0, 0.1) is 0 Å². The maximum Gasteiger partial charge on any atom is 0.373 e. The van der Waals surface area contributed by atoms with E-state index in [1.807, 2.05) is 37.3 Å². The highest BCUT2D eigenvalue weighted by Gasteiger charge is 2.34. The van der Waals surface area contributed by atoms with Gasteiger partial charge in [0.2, 0.25) is 5.76 Å². The van der Waals surface area contributed by atoms with Gasteiger partial charge in [0.05, 0.1) is 20.3 Å². The van der Waals surface area contributed by atoms with Crippen molar-refractivity contribution in [3.05, 3.63) is 87.4 Å². The topological polar surface area (TPSA) is 107 Å². The quantitative estimate of drug-likeness (QED) is 0.227. The average molecular weight is 555 g/mol. The summed E-state index contributed by atoms with van der Waals surface area (Å²) in [4.78, 5) is 38.0. The monoisotopic (exact) mass is 554 g/mol. The molecule has 0 bridgehead atoms. The predicted molar refractivity (Wildman–Crippen MR) is 133 cm³/mol. The van der Waals surface area contributed by atoms with Gasteiger partial charge in [-0.2, -0.15) is 0 Å². The summed E-state index contributed by atoms with van der Waals surface area (Å²) < 4.78 is 22.3. The number of ether oxygens (including phenoxy) is 3. The number of hydrogen-bond acceptors (Lipinski definition) is 7. The van der Waals surface area contributed by atoms with Crippen molar-refractivity contribution in [2.45, 2.75) is 20.1 Å². The van der Waals surface area contributed by atoms with Crippen LogP contribution in [-0.2, 0) is 22.7 Å². The Morgan fingerprint density at radius 1 is 1.08 bits per heavy atom. The number of nitrogens with zero attached hydrogens (tertiary/aromatic N) is 1. The molecule has 9 nitrogen and oxygen atoms in total. The molecular weight excluding hydrogens is 532 g/mol. The highest BCUT2D eigenvalue weighted by Crippen LogP contribution is 2.36. The fraction of sp³-hybridized carbons (Fsp3) is 0.192. The second-order valence-corrected chi connectivity index (χ2v) is 8.52. The third kappa shape index (κ3) is 5.60. The van der Waals surface area contributed by atoms with Gasteiger partial charge < -0.3 is 23.9 Å². The number of furan rings is 1. The van der Waals surface area contributed by atoms with Gasteiger partial charge in [0, 0.05) is 4.47 Å². The molecule has 0 unspecified atom stereocenters. The van der Waals surface area contributed by atoms with Gasteiger partial charge in [-0.15, -0.1) is 0 Å². The Bertz CT molecular complexity index is 1320. The van der Waals surface area contributed by atoms with Crippen LogP contribution >= 0.6 is 15.9 Å². The molecule has 0 saturated carbocycles. The first-order valence-corrected chi connectivity index (χ1v) is 11.8. The Morgan fingerprint density at radius 3 is 2.56 bits per heavy atom. The van der Waals surface area contributed by atoms with Crippen LogP contribution in [0.15, 0.2) is 69.2 Å². The lowest BCUT2D eigenvalue weighted by Gasteiger charge is -2.14. The third-order valence-electron chi connectivity index (χ3n) is 5.22. The summed E-state index contributed by atoms with van der Waals surface area (Å²) in [5, 5.41) is 2.58. The molecule has 0 radical (unpaired) electrons. The molecule has 3 amide bonds. The van der Waals surface area contributed by atoms with Crippen molar-refractivity contribution in [2.24, 2.45) is 0 Å². The zero-order valence-electron chi connectivity index (χ0n) is 19.6. The summed E-state index contributed by atoms with van der Waals surface area (Å²) in [6, 6.07) is 15.6. The molecule has 4 rings (SSSR count). The fourth-order valence-corrected chi connectivity index (χ4v) is 3.91. The molecule has 1 aliphatic rings. The largest absolute Gasteiger partial charge is 0.490 e. The Kier molecular flexibility index (Phi) is 7.74. The van der Waals surface area contributed by atoms with Crippen molar-refractivity contribution in [2.75, 3.05) is 13.7 Å². The maximum absolute atomic E-state index is 12.9. The Morgan fingerprint density at radius 2 is 1.83 bits per heavy atom. The number of rotatable bonds is 9. The van der Waals surface area contributed by atoms with Gasteiger partial charge in [-0.05, 0) is 48.4 Å². The van der Waals surface area contributed by atoms with Crippen molar-refractivity contribution in [3.8, 4) is 11.5 Å². The molecule has 0 spiro atoms. The third-order valence-corrected chi connectivity index (χ3v) is 5.91. The summed E-state index contributed by atoms with van der Waals surface area (Å²) in [7, 11) is 1.23. The van der Waals surface area contributed by atoms with Gasteiger partial charge in [0.25, 0.3) is 5.91 Å². The minimum absolute atomic E-state index is 0.0164. The van der Waals surface area contributed by atoms with Gasteiger partial charge in [-0.1, -0.05) is 46.3 Å². The number of amides is 3. The van der Waals surface area contributed by atoms with Crippen LogP contribution < -0.4 is 14.8 Å². The van der Waals surface area contributed by atoms with Crippen molar-refractivity contribution >= 4 is 39.9 Å². The number of hydrogen-bond donors (Lipinski definition) is 1. The molecule has 0 atom stereocenters. The standard InChI is InChI=1S/C26H23BrN2O7/c1-3-34-22-12-17(19(27)13-23(22)35-15-16-7-5-4-6-8-16)11-20-24(30)29(26(32)28-20)14-18-9-10-21(36-18)25(31)33-2/h4-13H,3,14-15H2,1-2H3,(H,28,32)/b20-11-. The van der Waals surface area contributed by atoms with Gasteiger partial charge in [-0.25, -0.2) is 9.59 Å². The van der Waals surface area contributed by atoms with E-state index in [1.54, 1.807) is 18.2 Å². The van der Waals surface area contributed by atoms with Crippen LogP contribution in [-0.4, -0.2) is 36.5 Å². The van der Waals surface area contributed by atoms with E-state index in [4.69, 9.17) is 13.9 Å². The predicted octanol–water partition coefficient (Wildman–Crippen LogP) is 4.90. The Labute approximate surface area is 215 Å². The van der Waals surface area contributed by atoms with E-state index in [-0.39, 0.29) is 23.8 Å². The smallest absolute Gasteiger partial charge is 0.373 e. The molecule has 1 saturated heterocycles. The van der Waals surface area contributed by atoms with Crippen molar-refractivity contribution in [1.82, 2.24) is 10.2 Å². The Balaban J connectivity index is 1.53. The van der Waals surface area contributed by atoms with Crippen molar-refractivity contribution in [3.63, 3.8) is 0 Å². The number of esters is 1. The van der Waals surface area contributed by atoms with Crippen LogP contribution in [0.25, 0.3) is 6.08 Å². The molecule has 1 aromatic heterocycles. The molecule has 0 aliphatic carbocycles. The molecule has 1 N–H and O–H groups in total. The number of methoxy groups -OCH3 is 1. The lowest BCUT2D eigenvalue weighted by molar-refractivity contribution is -0.123. The van der Waals surface area contributed by atoms with Crippen molar-refractivity contribution in [1.29, 1.82) is 0 Å². The van der Waals surface area contributed by atoms with Crippen LogP contribution in [0.5, 0.6) is 11.5 Å². The molecule has 10 heteroatoms. The first-order chi connectivity index (χ1) is 17.4. The lowest BCUT2D eigenvalue weighted by atomic mass is 10.1. The lowest BCUT2D eigenvalue weighted by Crippen LogP contribution is -2.30. The summed E-state index contributed by atoms with van der Waals surface area (Å²) >= 11 is 3.52. The number of halogens is 1. The highest BCUT2D eigenvalue weighted by molar-refractivity contribution is 9.10. The normalized spacial score (nSPS) is 14.2. The minimum Gasteiger partial charge on any atom is -0.490 e. The molecule has 186 valence electrons.